The Labute approximate surface area is 170 Å². The third-order valence-corrected chi connectivity index (χ3v) is 5.34. The van der Waals surface area contributed by atoms with Crippen LogP contribution < -0.4 is 5.32 Å². The molecule has 1 fully saturated rings. The van der Waals surface area contributed by atoms with Gasteiger partial charge in [-0.1, -0.05) is 24.3 Å². The number of carboxylic acid groups (broad SMARTS) is 1. The number of nitrogens with zero attached hydrogens (tertiary/aromatic N) is 1. The summed E-state index contributed by atoms with van der Waals surface area (Å²) in [7, 11) is 0. The number of hydrogen-bond acceptors (Lipinski definition) is 3. The predicted octanol–water partition coefficient (Wildman–Crippen LogP) is 3.96. The van der Waals surface area contributed by atoms with E-state index in [1.54, 1.807) is 41.3 Å². The van der Waals surface area contributed by atoms with Crippen LogP contribution in [0.3, 0.4) is 0 Å². The van der Waals surface area contributed by atoms with Crippen molar-refractivity contribution in [1.82, 2.24) is 4.90 Å². The van der Waals surface area contributed by atoms with Gasteiger partial charge < -0.3 is 15.3 Å². The van der Waals surface area contributed by atoms with Crippen molar-refractivity contribution in [1.29, 1.82) is 0 Å². The molecular formula is C23H26N2O4. The summed E-state index contributed by atoms with van der Waals surface area (Å²) in [5, 5.41) is 11.8. The molecule has 1 unspecified atom stereocenters. The number of nitrogens with one attached hydrogen (secondary N) is 1. The molecule has 0 radical (unpaired) electrons. The Morgan fingerprint density at radius 3 is 2.59 bits per heavy atom. The Hall–Kier alpha value is -3.15. The van der Waals surface area contributed by atoms with E-state index in [0.717, 1.165) is 18.4 Å². The van der Waals surface area contributed by atoms with E-state index in [9.17, 15) is 14.4 Å². The molecule has 0 aliphatic carbocycles. The van der Waals surface area contributed by atoms with Gasteiger partial charge in [-0.05, 0) is 61.9 Å². The average Bonchev–Trinajstić information content (AvgIpc) is 2.74. The summed E-state index contributed by atoms with van der Waals surface area (Å²) in [5.74, 6) is -0.887. The topological polar surface area (TPSA) is 86.7 Å². The Kier molecular flexibility index (Phi) is 6.65. The highest BCUT2D eigenvalue weighted by Crippen LogP contribution is 2.24. The summed E-state index contributed by atoms with van der Waals surface area (Å²) < 4.78 is 0. The molecule has 1 aliphatic heterocycles. The van der Waals surface area contributed by atoms with Gasteiger partial charge in [-0.2, -0.15) is 0 Å². The van der Waals surface area contributed by atoms with Crippen molar-refractivity contribution in [2.75, 3.05) is 18.4 Å². The van der Waals surface area contributed by atoms with E-state index in [0.29, 0.717) is 36.3 Å². The number of likely N-dealkylation sites (tertiary alicyclic amines) is 1. The van der Waals surface area contributed by atoms with Crippen LogP contribution in [-0.4, -0.2) is 40.9 Å². The molecule has 1 aliphatic rings. The number of piperidine rings is 1. The van der Waals surface area contributed by atoms with Gasteiger partial charge in [0, 0.05) is 36.3 Å². The van der Waals surface area contributed by atoms with E-state index in [1.165, 1.54) is 0 Å². The molecule has 6 heteroatoms. The molecule has 1 heterocycles. The van der Waals surface area contributed by atoms with Gasteiger partial charge in [-0.3, -0.25) is 14.4 Å². The first kappa shape index (κ1) is 20.6. The summed E-state index contributed by atoms with van der Waals surface area (Å²) >= 11 is 0. The molecule has 152 valence electrons. The van der Waals surface area contributed by atoms with E-state index in [-0.39, 0.29) is 24.2 Å². The molecule has 2 amide bonds. The fourth-order valence-corrected chi connectivity index (χ4v) is 3.67. The van der Waals surface area contributed by atoms with Crippen LogP contribution in [0.5, 0.6) is 0 Å². The van der Waals surface area contributed by atoms with Crippen LogP contribution >= 0.6 is 0 Å². The van der Waals surface area contributed by atoms with Gasteiger partial charge in [0.25, 0.3) is 11.8 Å². The normalized spacial score (nSPS) is 16.3. The molecule has 2 aromatic rings. The standard InChI is InChI=1S/C23H26N2O4/c1-16-9-11-19(14-20(16)24-22(28)18-7-3-2-4-8-18)23(29)25-13-5-6-17(15-25)10-12-21(26)27/h2-4,7-9,11,14,17H,5-6,10,12-13,15H2,1H3,(H,24,28)(H,26,27). The van der Waals surface area contributed by atoms with Crippen LogP contribution in [0, 0.1) is 12.8 Å². The Balaban J connectivity index is 1.70. The molecule has 29 heavy (non-hydrogen) atoms. The van der Waals surface area contributed by atoms with Gasteiger partial charge in [0.2, 0.25) is 0 Å². The Bertz CT molecular complexity index is 895. The highest BCUT2D eigenvalue weighted by atomic mass is 16.4. The lowest BCUT2D eigenvalue weighted by atomic mass is 9.93. The summed E-state index contributed by atoms with van der Waals surface area (Å²) in [4.78, 5) is 38.1. The van der Waals surface area contributed by atoms with Gasteiger partial charge in [0.1, 0.15) is 0 Å². The maximum absolute atomic E-state index is 13.0. The molecule has 0 bridgehead atoms. The summed E-state index contributed by atoms with van der Waals surface area (Å²) in [6, 6.07) is 14.3. The van der Waals surface area contributed by atoms with Crippen LogP contribution in [-0.2, 0) is 4.79 Å². The van der Waals surface area contributed by atoms with Gasteiger partial charge in [0.15, 0.2) is 0 Å². The van der Waals surface area contributed by atoms with E-state index in [4.69, 9.17) is 5.11 Å². The van der Waals surface area contributed by atoms with Crippen LogP contribution in [0.25, 0.3) is 0 Å². The second kappa shape index (κ2) is 9.37. The first-order valence-electron chi connectivity index (χ1n) is 9.92. The number of rotatable bonds is 6. The maximum atomic E-state index is 13.0. The number of carboxylic acids is 1. The predicted molar refractivity (Wildman–Crippen MR) is 111 cm³/mol. The van der Waals surface area contributed by atoms with E-state index in [2.05, 4.69) is 5.32 Å². The van der Waals surface area contributed by atoms with Gasteiger partial charge in [-0.25, -0.2) is 0 Å². The zero-order valence-electron chi connectivity index (χ0n) is 16.6. The number of anilines is 1. The number of aliphatic carboxylic acids is 1. The van der Waals surface area contributed by atoms with Crippen molar-refractivity contribution in [2.24, 2.45) is 5.92 Å². The highest BCUT2D eigenvalue weighted by Gasteiger charge is 2.25. The van der Waals surface area contributed by atoms with Crippen molar-refractivity contribution < 1.29 is 19.5 Å². The third-order valence-electron chi connectivity index (χ3n) is 5.34. The highest BCUT2D eigenvalue weighted by molar-refractivity contribution is 6.05. The van der Waals surface area contributed by atoms with Gasteiger partial charge >= 0.3 is 5.97 Å². The molecule has 2 N–H and O–H groups in total. The van der Waals surface area contributed by atoms with Crippen LogP contribution in [0.2, 0.25) is 0 Å². The maximum Gasteiger partial charge on any atom is 0.303 e. The lowest BCUT2D eigenvalue weighted by Gasteiger charge is -2.32. The van der Waals surface area contributed by atoms with E-state index in [1.807, 2.05) is 19.1 Å². The summed E-state index contributed by atoms with van der Waals surface area (Å²) in [5.41, 5.74) is 2.58. The second-order valence-corrected chi connectivity index (χ2v) is 7.54. The average molecular weight is 394 g/mol. The number of benzene rings is 2. The molecule has 0 saturated carbocycles. The van der Waals surface area contributed by atoms with Crippen LogP contribution in [0.1, 0.15) is 52.0 Å². The second-order valence-electron chi connectivity index (χ2n) is 7.54. The van der Waals surface area contributed by atoms with Crippen molar-refractivity contribution >= 4 is 23.5 Å². The summed E-state index contributed by atoms with van der Waals surface area (Å²) in [6.45, 7) is 3.13. The molecule has 0 spiro atoms. The number of carbonyl (C=O) groups excluding carboxylic acids is 2. The molecule has 2 aromatic carbocycles. The SMILES string of the molecule is Cc1ccc(C(=O)N2CCCC(CCC(=O)O)C2)cc1NC(=O)c1ccccc1. The number of amides is 2. The fourth-order valence-electron chi connectivity index (χ4n) is 3.67. The first-order chi connectivity index (χ1) is 13.9. The van der Waals surface area contributed by atoms with Crippen molar-refractivity contribution in [3.05, 3.63) is 65.2 Å². The number of aryl methyl sites for hydroxylation is 1. The minimum absolute atomic E-state index is 0.0831. The Morgan fingerprint density at radius 2 is 1.86 bits per heavy atom. The molecular weight excluding hydrogens is 368 g/mol. The van der Waals surface area contributed by atoms with E-state index < -0.39 is 5.97 Å². The van der Waals surface area contributed by atoms with Crippen molar-refractivity contribution in [3.63, 3.8) is 0 Å². The fraction of sp³-hybridized carbons (Fsp3) is 0.348. The molecule has 0 aromatic heterocycles. The van der Waals surface area contributed by atoms with Crippen LogP contribution in [0.4, 0.5) is 5.69 Å². The van der Waals surface area contributed by atoms with Gasteiger partial charge in [0.05, 0.1) is 0 Å². The monoisotopic (exact) mass is 394 g/mol. The van der Waals surface area contributed by atoms with Crippen molar-refractivity contribution in [2.45, 2.75) is 32.6 Å². The lowest BCUT2D eigenvalue weighted by Crippen LogP contribution is -2.40. The first-order valence-corrected chi connectivity index (χ1v) is 9.92. The minimum Gasteiger partial charge on any atom is -0.481 e. The van der Waals surface area contributed by atoms with Crippen molar-refractivity contribution in [3.8, 4) is 0 Å². The smallest absolute Gasteiger partial charge is 0.303 e. The van der Waals surface area contributed by atoms with Gasteiger partial charge in [-0.15, -0.1) is 0 Å². The zero-order valence-corrected chi connectivity index (χ0v) is 16.6. The molecule has 3 rings (SSSR count). The number of hydrogen-bond donors (Lipinski definition) is 2. The minimum atomic E-state index is -0.800. The number of carbonyl (C=O) groups is 3. The lowest BCUT2D eigenvalue weighted by molar-refractivity contribution is -0.137. The largest absolute Gasteiger partial charge is 0.481 e. The third kappa shape index (κ3) is 5.44. The van der Waals surface area contributed by atoms with Crippen LogP contribution in [0.15, 0.2) is 48.5 Å². The summed E-state index contributed by atoms with van der Waals surface area (Å²) in [6.07, 6.45) is 2.54. The molecule has 1 saturated heterocycles. The molecule has 6 nitrogen and oxygen atoms in total. The Morgan fingerprint density at radius 1 is 1.10 bits per heavy atom. The zero-order chi connectivity index (χ0) is 20.8. The molecule has 1 atom stereocenters. The van der Waals surface area contributed by atoms with E-state index >= 15 is 0 Å². The quantitative estimate of drug-likeness (QED) is 0.776.